The summed E-state index contributed by atoms with van der Waals surface area (Å²) in [4.78, 5) is 14.7. The van der Waals surface area contributed by atoms with Gasteiger partial charge in [-0.3, -0.25) is 4.79 Å². The van der Waals surface area contributed by atoms with E-state index in [9.17, 15) is 4.79 Å². The van der Waals surface area contributed by atoms with Gasteiger partial charge >= 0.3 is 0 Å². The number of aryl methyl sites for hydroxylation is 1. The molecule has 5 heteroatoms. The van der Waals surface area contributed by atoms with Crippen LogP contribution in [0, 0.1) is 12.8 Å². The van der Waals surface area contributed by atoms with Gasteiger partial charge in [0, 0.05) is 31.1 Å². The van der Waals surface area contributed by atoms with E-state index in [0.717, 1.165) is 48.6 Å². The first-order valence-electron chi connectivity index (χ1n) is 10.2. The number of carbonyl (C=O) groups is 1. The second kappa shape index (κ2) is 8.86. The van der Waals surface area contributed by atoms with Crippen molar-refractivity contribution in [2.24, 2.45) is 5.92 Å². The van der Waals surface area contributed by atoms with Crippen molar-refractivity contribution in [2.75, 3.05) is 18.0 Å². The summed E-state index contributed by atoms with van der Waals surface area (Å²) in [5.74, 6) is 1.09. The number of anilines is 1. The van der Waals surface area contributed by atoms with Crippen LogP contribution in [0.15, 0.2) is 66.7 Å². The first-order valence-corrected chi connectivity index (χ1v) is 10.2. The summed E-state index contributed by atoms with van der Waals surface area (Å²) in [6, 6.07) is 22.4. The summed E-state index contributed by atoms with van der Waals surface area (Å²) in [5, 5.41) is 11.9. The highest BCUT2D eigenvalue weighted by Gasteiger charge is 2.25. The second-order valence-electron chi connectivity index (χ2n) is 7.61. The normalized spacial score (nSPS) is 14.6. The van der Waals surface area contributed by atoms with Crippen molar-refractivity contribution in [3.63, 3.8) is 0 Å². The van der Waals surface area contributed by atoms with Crippen molar-refractivity contribution < 1.29 is 4.79 Å². The molecule has 2 aromatic carbocycles. The Morgan fingerprint density at radius 2 is 1.79 bits per heavy atom. The molecular weight excluding hydrogens is 360 g/mol. The smallest absolute Gasteiger partial charge is 0.223 e. The van der Waals surface area contributed by atoms with Crippen LogP contribution in [0.2, 0.25) is 0 Å². The van der Waals surface area contributed by atoms with Gasteiger partial charge in [0.1, 0.15) is 0 Å². The minimum Gasteiger partial charge on any atom is -0.355 e. The third kappa shape index (κ3) is 4.80. The summed E-state index contributed by atoms with van der Waals surface area (Å²) in [6.45, 7) is 4.31. The Morgan fingerprint density at radius 3 is 2.48 bits per heavy atom. The number of hydrogen-bond acceptors (Lipinski definition) is 4. The SMILES string of the molecule is Cc1cccc(-c2ccc(N3CCC(C(=O)NCc4ccccc4)CC3)nn2)c1. The molecule has 1 saturated heterocycles. The van der Waals surface area contributed by atoms with Crippen molar-refractivity contribution in [3.05, 3.63) is 77.9 Å². The maximum absolute atomic E-state index is 12.5. The lowest BCUT2D eigenvalue weighted by molar-refractivity contribution is -0.125. The molecule has 1 aromatic heterocycles. The predicted octanol–water partition coefficient (Wildman–Crippen LogP) is 3.98. The Bertz CT molecular complexity index is 948. The fourth-order valence-corrected chi connectivity index (χ4v) is 3.75. The van der Waals surface area contributed by atoms with Crippen LogP contribution in [0.5, 0.6) is 0 Å². The van der Waals surface area contributed by atoms with E-state index in [1.54, 1.807) is 0 Å². The lowest BCUT2D eigenvalue weighted by Crippen LogP contribution is -2.40. The molecule has 0 radical (unpaired) electrons. The molecule has 148 valence electrons. The van der Waals surface area contributed by atoms with Gasteiger partial charge in [-0.15, -0.1) is 10.2 Å². The third-order valence-corrected chi connectivity index (χ3v) is 5.46. The molecule has 3 aromatic rings. The van der Waals surface area contributed by atoms with E-state index in [-0.39, 0.29) is 11.8 Å². The summed E-state index contributed by atoms with van der Waals surface area (Å²) >= 11 is 0. The van der Waals surface area contributed by atoms with Crippen LogP contribution in [-0.2, 0) is 11.3 Å². The molecule has 4 rings (SSSR count). The molecule has 0 atom stereocenters. The average molecular weight is 386 g/mol. The molecule has 1 aliphatic heterocycles. The number of amides is 1. The van der Waals surface area contributed by atoms with E-state index < -0.39 is 0 Å². The number of piperidine rings is 1. The minimum atomic E-state index is 0.0643. The van der Waals surface area contributed by atoms with E-state index in [1.165, 1.54) is 5.56 Å². The molecule has 1 fully saturated rings. The van der Waals surface area contributed by atoms with Crippen LogP contribution in [0.25, 0.3) is 11.3 Å². The summed E-state index contributed by atoms with van der Waals surface area (Å²) in [6.07, 6.45) is 1.67. The second-order valence-corrected chi connectivity index (χ2v) is 7.61. The predicted molar refractivity (Wildman–Crippen MR) is 115 cm³/mol. The molecule has 2 heterocycles. The molecule has 29 heavy (non-hydrogen) atoms. The number of nitrogens with one attached hydrogen (secondary N) is 1. The van der Waals surface area contributed by atoms with Crippen molar-refractivity contribution in [1.82, 2.24) is 15.5 Å². The number of hydrogen-bond donors (Lipinski definition) is 1. The zero-order chi connectivity index (χ0) is 20.1. The first kappa shape index (κ1) is 19.1. The lowest BCUT2D eigenvalue weighted by Gasteiger charge is -2.31. The Kier molecular flexibility index (Phi) is 5.84. The topological polar surface area (TPSA) is 58.1 Å². The van der Waals surface area contributed by atoms with Gasteiger partial charge in [0.2, 0.25) is 5.91 Å². The maximum atomic E-state index is 12.5. The van der Waals surface area contributed by atoms with Gasteiger partial charge < -0.3 is 10.2 Å². The minimum absolute atomic E-state index is 0.0643. The van der Waals surface area contributed by atoms with Gasteiger partial charge in [-0.25, -0.2) is 0 Å². The number of benzene rings is 2. The highest BCUT2D eigenvalue weighted by atomic mass is 16.1. The standard InChI is InChI=1S/C24H26N4O/c1-18-6-5-9-21(16-18)22-10-11-23(27-26-22)28-14-12-20(13-15-28)24(29)25-17-19-7-3-2-4-8-19/h2-11,16,20H,12-15,17H2,1H3,(H,25,29). The maximum Gasteiger partial charge on any atom is 0.223 e. The Labute approximate surface area is 171 Å². The number of rotatable bonds is 5. The number of carbonyl (C=O) groups excluding carboxylic acids is 1. The lowest BCUT2D eigenvalue weighted by atomic mass is 9.96. The van der Waals surface area contributed by atoms with Crippen LogP contribution >= 0.6 is 0 Å². The summed E-state index contributed by atoms with van der Waals surface area (Å²) < 4.78 is 0. The van der Waals surface area contributed by atoms with Crippen LogP contribution in [0.4, 0.5) is 5.82 Å². The molecule has 1 aliphatic rings. The Morgan fingerprint density at radius 1 is 1.00 bits per heavy atom. The van der Waals surface area contributed by atoms with Crippen LogP contribution < -0.4 is 10.2 Å². The van der Waals surface area contributed by atoms with Crippen molar-refractivity contribution in [3.8, 4) is 11.3 Å². The molecule has 5 nitrogen and oxygen atoms in total. The average Bonchev–Trinajstić information content (AvgIpc) is 2.78. The van der Waals surface area contributed by atoms with Crippen LogP contribution in [-0.4, -0.2) is 29.2 Å². The van der Waals surface area contributed by atoms with Gasteiger partial charge in [-0.1, -0.05) is 54.1 Å². The zero-order valence-corrected chi connectivity index (χ0v) is 16.7. The Balaban J connectivity index is 1.30. The quantitative estimate of drug-likeness (QED) is 0.720. The fourth-order valence-electron chi connectivity index (χ4n) is 3.75. The molecule has 0 unspecified atom stereocenters. The molecule has 1 N–H and O–H groups in total. The van der Waals surface area contributed by atoms with Crippen molar-refractivity contribution in [2.45, 2.75) is 26.3 Å². The van der Waals surface area contributed by atoms with E-state index in [0.29, 0.717) is 6.54 Å². The van der Waals surface area contributed by atoms with E-state index in [4.69, 9.17) is 0 Å². The van der Waals surface area contributed by atoms with Crippen molar-refractivity contribution in [1.29, 1.82) is 0 Å². The molecule has 0 aliphatic carbocycles. The van der Waals surface area contributed by atoms with E-state index in [2.05, 4.69) is 45.5 Å². The summed E-state index contributed by atoms with van der Waals surface area (Å²) in [7, 11) is 0. The van der Waals surface area contributed by atoms with Gasteiger partial charge in [0.15, 0.2) is 5.82 Å². The number of nitrogens with zero attached hydrogens (tertiary/aromatic N) is 3. The van der Waals surface area contributed by atoms with Gasteiger partial charge in [0.05, 0.1) is 5.69 Å². The molecule has 0 bridgehead atoms. The highest BCUT2D eigenvalue weighted by Crippen LogP contribution is 2.24. The summed E-state index contributed by atoms with van der Waals surface area (Å²) in [5.41, 5.74) is 4.30. The Hall–Kier alpha value is -3.21. The highest BCUT2D eigenvalue weighted by molar-refractivity contribution is 5.79. The fraction of sp³-hybridized carbons (Fsp3) is 0.292. The van der Waals surface area contributed by atoms with Crippen LogP contribution in [0.3, 0.4) is 0 Å². The number of aromatic nitrogens is 2. The molecule has 0 saturated carbocycles. The first-order chi connectivity index (χ1) is 14.2. The molecular formula is C24H26N4O. The van der Waals surface area contributed by atoms with Crippen molar-refractivity contribution >= 4 is 11.7 Å². The van der Waals surface area contributed by atoms with Gasteiger partial charge in [-0.2, -0.15) is 0 Å². The zero-order valence-electron chi connectivity index (χ0n) is 16.7. The third-order valence-electron chi connectivity index (χ3n) is 5.46. The van der Waals surface area contributed by atoms with Gasteiger partial charge in [0.25, 0.3) is 0 Å². The monoisotopic (exact) mass is 386 g/mol. The largest absolute Gasteiger partial charge is 0.355 e. The van der Waals surface area contributed by atoms with Gasteiger partial charge in [-0.05, 0) is 43.5 Å². The molecule has 1 amide bonds. The van der Waals surface area contributed by atoms with Crippen LogP contribution in [0.1, 0.15) is 24.0 Å². The van der Waals surface area contributed by atoms with E-state index in [1.807, 2.05) is 48.5 Å². The molecule has 0 spiro atoms. The van der Waals surface area contributed by atoms with E-state index >= 15 is 0 Å².